The van der Waals surface area contributed by atoms with Crippen LogP contribution in [0.5, 0.6) is 0 Å². The van der Waals surface area contributed by atoms with Gasteiger partial charge in [0.2, 0.25) is 17.8 Å². The van der Waals surface area contributed by atoms with Crippen LogP contribution in [0.1, 0.15) is 12.8 Å². The SMILES string of the molecule is O=C(NC[C@@H]1CO[C@@H]2CN(c3ncc(F)cn3)C[C@H]12)C1CC(F)(F)C1. The van der Waals surface area contributed by atoms with Crippen LogP contribution in [-0.2, 0) is 9.53 Å². The smallest absolute Gasteiger partial charge is 0.249 e. The molecule has 0 radical (unpaired) electrons. The Morgan fingerprint density at radius 2 is 2.04 bits per heavy atom. The van der Waals surface area contributed by atoms with Crippen LogP contribution in [-0.4, -0.2) is 54.1 Å². The standard InChI is InChI=1S/C16H19F3N4O2/c17-11-4-21-15(22-5-11)23-6-12-10(8-25-13(12)7-23)3-20-14(24)9-1-16(18,19)2-9/h4-5,9-10,12-13H,1-3,6-8H2,(H,20,24)/t10-,12-,13-/m1/s1. The first kappa shape index (κ1) is 16.6. The predicted molar refractivity (Wildman–Crippen MR) is 81.6 cm³/mol. The number of halogens is 3. The van der Waals surface area contributed by atoms with Gasteiger partial charge in [-0.15, -0.1) is 0 Å². The van der Waals surface area contributed by atoms with Crippen molar-refractivity contribution in [1.29, 1.82) is 0 Å². The van der Waals surface area contributed by atoms with Gasteiger partial charge in [0.15, 0.2) is 5.82 Å². The number of hydrogen-bond acceptors (Lipinski definition) is 5. The average molecular weight is 356 g/mol. The number of amides is 1. The number of carbonyl (C=O) groups is 1. The first-order chi connectivity index (χ1) is 11.9. The fourth-order valence-electron chi connectivity index (χ4n) is 3.86. The summed E-state index contributed by atoms with van der Waals surface area (Å²) in [5, 5.41) is 2.79. The quantitative estimate of drug-likeness (QED) is 0.879. The maximum Gasteiger partial charge on any atom is 0.249 e. The van der Waals surface area contributed by atoms with Crippen molar-refractivity contribution in [3.63, 3.8) is 0 Å². The summed E-state index contributed by atoms with van der Waals surface area (Å²) in [4.78, 5) is 21.8. The lowest BCUT2D eigenvalue weighted by molar-refractivity contribution is -0.150. The first-order valence-corrected chi connectivity index (χ1v) is 8.41. The number of rotatable bonds is 4. The Kier molecular flexibility index (Phi) is 4.05. The molecule has 6 nitrogen and oxygen atoms in total. The molecule has 1 aliphatic carbocycles. The summed E-state index contributed by atoms with van der Waals surface area (Å²) in [5.41, 5.74) is 0. The van der Waals surface area contributed by atoms with E-state index in [9.17, 15) is 18.0 Å². The van der Waals surface area contributed by atoms with Gasteiger partial charge in [0.25, 0.3) is 0 Å². The van der Waals surface area contributed by atoms with Crippen molar-refractivity contribution in [2.45, 2.75) is 24.9 Å². The Morgan fingerprint density at radius 3 is 2.72 bits per heavy atom. The molecule has 1 aromatic rings. The highest BCUT2D eigenvalue weighted by Crippen LogP contribution is 2.42. The van der Waals surface area contributed by atoms with E-state index in [0.29, 0.717) is 32.2 Å². The molecule has 2 saturated heterocycles. The summed E-state index contributed by atoms with van der Waals surface area (Å²) >= 11 is 0. The maximum atomic E-state index is 12.9. The zero-order valence-electron chi connectivity index (χ0n) is 13.5. The van der Waals surface area contributed by atoms with E-state index in [1.165, 1.54) is 0 Å². The highest BCUT2D eigenvalue weighted by molar-refractivity contribution is 5.79. The number of anilines is 1. The largest absolute Gasteiger partial charge is 0.376 e. The topological polar surface area (TPSA) is 67.3 Å². The van der Waals surface area contributed by atoms with E-state index >= 15 is 0 Å². The predicted octanol–water partition coefficient (Wildman–Crippen LogP) is 1.23. The molecule has 2 aliphatic heterocycles. The number of nitrogens with zero attached hydrogens (tertiary/aromatic N) is 3. The number of nitrogens with one attached hydrogen (secondary N) is 1. The summed E-state index contributed by atoms with van der Waals surface area (Å²) in [6.07, 6.45) is 1.56. The fraction of sp³-hybridized carbons (Fsp3) is 0.688. The van der Waals surface area contributed by atoms with Crippen molar-refractivity contribution < 1.29 is 22.7 Å². The van der Waals surface area contributed by atoms with Gasteiger partial charge in [0, 0.05) is 50.2 Å². The zero-order valence-corrected chi connectivity index (χ0v) is 13.5. The summed E-state index contributed by atoms with van der Waals surface area (Å²) in [6, 6.07) is 0. The lowest BCUT2D eigenvalue weighted by Gasteiger charge is -2.34. The molecule has 3 heterocycles. The molecule has 136 valence electrons. The zero-order chi connectivity index (χ0) is 17.6. The molecule has 1 aromatic heterocycles. The molecule has 0 spiro atoms. The van der Waals surface area contributed by atoms with Crippen LogP contribution < -0.4 is 10.2 Å². The number of alkyl halides is 2. The van der Waals surface area contributed by atoms with E-state index in [4.69, 9.17) is 4.74 Å². The van der Waals surface area contributed by atoms with Crippen LogP contribution in [0, 0.1) is 23.6 Å². The van der Waals surface area contributed by atoms with E-state index in [2.05, 4.69) is 15.3 Å². The molecular formula is C16H19F3N4O2. The molecule has 0 aromatic carbocycles. The molecule has 0 bridgehead atoms. The van der Waals surface area contributed by atoms with Gasteiger partial charge in [-0.05, 0) is 0 Å². The number of hydrogen-bond donors (Lipinski definition) is 1. The van der Waals surface area contributed by atoms with Gasteiger partial charge in [-0.2, -0.15) is 0 Å². The lowest BCUT2D eigenvalue weighted by Crippen LogP contribution is -2.46. The van der Waals surface area contributed by atoms with Crippen LogP contribution >= 0.6 is 0 Å². The monoisotopic (exact) mass is 356 g/mol. The summed E-state index contributed by atoms with van der Waals surface area (Å²) < 4.78 is 44.4. The van der Waals surface area contributed by atoms with Gasteiger partial charge in [0.1, 0.15) is 0 Å². The maximum absolute atomic E-state index is 12.9. The number of carbonyl (C=O) groups excluding carboxylic acids is 1. The van der Waals surface area contributed by atoms with Crippen LogP contribution in [0.15, 0.2) is 12.4 Å². The molecular weight excluding hydrogens is 337 g/mol. The number of ether oxygens (including phenoxy) is 1. The first-order valence-electron chi connectivity index (χ1n) is 8.41. The van der Waals surface area contributed by atoms with E-state index in [0.717, 1.165) is 12.4 Å². The van der Waals surface area contributed by atoms with Gasteiger partial charge in [-0.3, -0.25) is 4.79 Å². The van der Waals surface area contributed by atoms with Gasteiger partial charge < -0.3 is 15.0 Å². The van der Waals surface area contributed by atoms with Crippen LogP contribution in [0.3, 0.4) is 0 Å². The lowest BCUT2D eigenvalue weighted by atomic mass is 9.80. The van der Waals surface area contributed by atoms with Crippen LogP contribution in [0.2, 0.25) is 0 Å². The van der Waals surface area contributed by atoms with Crippen LogP contribution in [0.4, 0.5) is 19.1 Å². The van der Waals surface area contributed by atoms with Crippen molar-refractivity contribution in [2.24, 2.45) is 17.8 Å². The van der Waals surface area contributed by atoms with Crippen molar-refractivity contribution in [3.8, 4) is 0 Å². The van der Waals surface area contributed by atoms with E-state index in [1.807, 2.05) is 4.90 Å². The highest BCUT2D eigenvalue weighted by atomic mass is 19.3. The van der Waals surface area contributed by atoms with Gasteiger partial charge in [-0.1, -0.05) is 0 Å². The second-order valence-electron chi connectivity index (χ2n) is 7.11. The van der Waals surface area contributed by atoms with Crippen molar-refractivity contribution >= 4 is 11.9 Å². The molecule has 3 aliphatic rings. The molecule has 4 rings (SSSR count). The summed E-state index contributed by atoms with van der Waals surface area (Å²) in [6.45, 7) is 2.24. The average Bonchev–Trinajstić information content (AvgIpc) is 3.12. The van der Waals surface area contributed by atoms with E-state index < -0.39 is 17.7 Å². The van der Waals surface area contributed by atoms with E-state index in [1.54, 1.807) is 0 Å². The third kappa shape index (κ3) is 3.29. The third-order valence-corrected chi connectivity index (χ3v) is 5.33. The van der Waals surface area contributed by atoms with Crippen molar-refractivity contribution in [1.82, 2.24) is 15.3 Å². The molecule has 1 N–H and O–H groups in total. The highest BCUT2D eigenvalue weighted by Gasteiger charge is 2.49. The number of aromatic nitrogens is 2. The Hall–Kier alpha value is -1.90. The Labute approximate surface area is 142 Å². The Bertz CT molecular complexity index is 649. The van der Waals surface area contributed by atoms with Gasteiger partial charge >= 0.3 is 0 Å². The minimum Gasteiger partial charge on any atom is -0.376 e. The summed E-state index contributed by atoms with van der Waals surface area (Å²) in [7, 11) is 0. The molecule has 25 heavy (non-hydrogen) atoms. The summed E-state index contributed by atoms with van der Waals surface area (Å²) in [5.74, 6) is -3.27. The minimum absolute atomic E-state index is 0.0172. The molecule has 3 atom stereocenters. The second-order valence-corrected chi connectivity index (χ2v) is 7.11. The fourth-order valence-corrected chi connectivity index (χ4v) is 3.86. The van der Waals surface area contributed by atoms with Gasteiger partial charge in [0.05, 0.1) is 25.1 Å². The van der Waals surface area contributed by atoms with Crippen molar-refractivity contribution in [2.75, 3.05) is 31.1 Å². The van der Waals surface area contributed by atoms with Crippen LogP contribution in [0.25, 0.3) is 0 Å². The Balaban J connectivity index is 1.30. The normalized spacial score (nSPS) is 30.8. The molecule has 1 saturated carbocycles. The third-order valence-electron chi connectivity index (χ3n) is 5.33. The van der Waals surface area contributed by atoms with E-state index in [-0.39, 0.29) is 36.7 Å². The minimum atomic E-state index is -2.69. The molecule has 3 fully saturated rings. The molecule has 1 amide bonds. The van der Waals surface area contributed by atoms with Crippen molar-refractivity contribution in [3.05, 3.63) is 18.2 Å². The van der Waals surface area contributed by atoms with Gasteiger partial charge in [-0.25, -0.2) is 23.1 Å². The number of fused-ring (bicyclic) bond motifs is 1. The molecule has 0 unspecified atom stereocenters. The molecule has 9 heteroatoms. The second kappa shape index (κ2) is 6.12. The Morgan fingerprint density at radius 1 is 1.32 bits per heavy atom.